The zero-order chi connectivity index (χ0) is 14.1. The summed E-state index contributed by atoms with van der Waals surface area (Å²) in [4.78, 5) is 4.71. The molecule has 1 saturated heterocycles. The quantitative estimate of drug-likeness (QED) is 0.797. The molecule has 0 amide bonds. The van der Waals surface area contributed by atoms with Crippen molar-refractivity contribution in [2.45, 2.75) is 38.6 Å². The molecule has 4 heteroatoms. The molecule has 1 aliphatic rings. The normalized spacial score (nSPS) is 18.6. The molecule has 1 aromatic carbocycles. The zero-order valence-electron chi connectivity index (χ0n) is 12.1. The van der Waals surface area contributed by atoms with Crippen LogP contribution in [0, 0.1) is 12.8 Å². The first-order valence-corrected chi connectivity index (χ1v) is 7.85. The third-order valence-corrected chi connectivity index (χ3v) is 4.63. The number of rotatable bonds is 3. The highest BCUT2D eigenvalue weighted by Crippen LogP contribution is 2.32. The summed E-state index contributed by atoms with van der Waals surface area (Å²) < 4.78 is 7.81. The Bertz CT molecular complexity index is 602. The van der Waals surface area contributed by atoms with Crippen LogP contribution in [-0.2, 0) is 10.6 Å². The molecule has 1 unspecified atom stereocenters. The van der Waals surface area contributed by atoms with Gasteiger partial charge >= 0.3 is 0 Å². The van der Waals surface area contributed by atoms with Crippen molar-refractivity contribution in [1.29, 1.82) is 0 Å². The molecule has 1 aliphatic heterocycles. The van der Waals surface area contributed by atoms with Gasteiger partial charge in [-0.15, -0.1) is 11.6 Å². The molecule has 2 heterocycles. The Morgan fingerprint density at radius 2 is 2.15 bits per heavy atom. The Balaban J connectivity index is 2.04. The van der Waals surface area contributed by atoms with Gasteiger partial charge in [0.1, 0.15) is 5.82 Å². The Morgan fingerprint density at radius 1 is 1.40 bits per heavy atom. The van der Waals surface area contributed by atoms with Crippen LogP contribution in [-0.4, -0.2) is 22.8 Å². The molecule has 0 saturated carbocycles. The lowest BCUT2D eigenvalue weighted by Gasteiger charge is -2.30. The molecule has 0 radical (unpaired) electrons. The van der Waals surface area contributed by atoms with E-state index < -0.39 is 0 Å². The maximum Gasteiger partial charge on any atom is 0.125 e. The number of alkyl halides is 1. The van der Waals surface area contributed by atoms with E-state index in [1.807, 2.05) is 0 Å². The van der Waals surface area contributed by atoms with E-state index in [1.54, 1.807) is 0 Å². The second-order valence-electron chi connectivity index (χ2n) is 5.71. The smallest absolute Gasteiger partial charge is 0.125 e. The number of hydrogen-bond acceptors (Lipinski definition) is 2. The lowest BCUT2D eigenvalue weighted by Crippen LogP contribution is -2.25. The largest absolute Gasteiger partial charge is 0.381 e. The van der Waals surface area contributed by atoms with Crippen molar-refractivity contribution in [3.63, 3.8) is 0 Å². The minimum Gasteiger partial charge on any atom is -0.381 e. The van der Waals surface area contributed by atoms with Crippen LogP contribution in [0.5, 0.6) is 0 Å². The number of nitrogens with zero attached hydrogens (tertiary/aromatic N) is 2. The van der Waals surface area contributed by atoms with Crippen LogP contribution >= 0.6 is 11.6 Å². The van der Waals surface area contributed by atoms with Crippen LogP contribution in [0.25, 0.3) is 11.0 Å². The third kappa shape index (κ3) is 2.45. The Hall–Kier alpha value is -1.06. The van der Waals surface area contributed by atoms with Crippen molar-refractivity contribution >= 4 is 22.6 Å². The van der Waals surface area contributed by atoms with Crippen LogP contribution in [0.1, 0.15) is 37.2 Å². The number of fused-ring (bicyclic) bond motifs is 1. The van der Waals surface area contributed by atoms with Crippen molar-refractivity contribution in [2.24, 2.45) is 5.92 Å². The van der Waals surface area contributed by atoms with Crippen LogP contribution in [0.4, 0.5) is 0 Å². The highest BCUT2D eigenvalue weighted by molar-refractivity contribution is 6.16. The predicted octanol–water partition coefficient (Wildman–Crippen LogP) is 4.07. The average Bonchev–Trinajstić information content (AvgIpc) is 2.84. The van der Waals surface area contributed by atoms with Crippen LogP contribution in [0.2, 0.25) is 0 Å². The summed E-state index contributed by atoms with van der Waals surface area (Å²) in [6.07, 6.45) is 2.24. The van der Waals surface area contributed by atoms with E-state index in [9.17, 15) is 0 Å². The van der Waals surface area contributed by atoms with Gasteiger partial charge in [-0.25, -0.2) is 4.98 Å². The summed E-state index contributed by atoms with van der Waals surface area (Å²) in [5, 5.41) is 0. The maximum atomic E-state index is 6.12. The van der Waals surface area contributed by atoms with Crippen molar-refractivity contribution in [1.82, 2.24) is 9.55 Å². The molecule has 3 nitrogen and oxygen atoms in total. The van der Waals surface area contributed by atoms with Crippen LogP contribution in [0.3, 0.4) is 0 Å². The highest BCUT2D eigenvalue weighted by atomic mass is 35.5. The minimum absolute atomic E-state index is 0.417. The van der Waals surface area contributed by atoms with E-state index in [0.29, 0.717) is 17.8 Å². The molecule has 0 spiro atoms. The molecular formula is C16H21ClN2O. The summed E-state index contributed by atoms with van der Waals surface area (Å²) in [6, 6.07) is 6.87. The molecule has 1 aromatic heterocycles. The van der Waals surface area contributed by atoms with Gasteiger partial charge in [0.05, 0.1) is 16.9 Å². The Morgan fingerprint density at radius 3 is 2.85 bits per heavy atom. The number of ether oxygens (including phenoxy) is 1. The number of imidazole rings is 1. The molecular weight excluding hydrogens is 272 g/mol. The maximum absolute atomic E-state index is 6.12. The number of halogens is 1. The van der Waals surface area contributed by atoms with Gasteiger partial charge in [0, 0.05) is 19.3 Å². The number of hydrogen-bond donors (Lipinski definition) is 0. The lowest BCUT2D eigenvalue weighted by molar-refractivity contribution is 0.0516. The first-order valence-electron chi connectivity index (χ1n) is 7.32. The fraction of sp³-hybridized carbons (Fsp3) is 0.562. The fourth-order valence-corrected chi connectivity index (χ4v) is 3.40. The van der Waals surface area contributed by atoms with E-state index in [-0.39, 0.29) is 0 Å². The monoisotopic (exact) mass is 292 g/mol. The molecule has 1 atom stereocenters. The molecule has 0 bridgehead atoms. The van der Waals surface area contributed by atoms with E-state index in [1.165, 1.54) is 11.1 Å². The van der Waals surface area contributed by atoms with Crippen molar-refractivity contribution in [3.05, 3.63) is 29.6 Å². The second-order valence-corrected chi connectivity index (χ2v) is 5.98. The van der Waals surface area contributed by atoms with Crippen molar-refractivity contribution in [3.8, 4) is 0 Å². The molecule has 0 N–H and O–H groups in total. The molecule has 3 rings (SSSR count). The zero-order valence-corrected chi connectivity index (χ0v) is 12.9. The summed E-state index contributed by atoms with van der Waals surface area (Å²) in [5.74, 6) is 2.08. The number of aromatic nitrogens is 2. The van der Waals surface area contributed by atoms with Gasteiger partial charge in [0.25, 0.3) is 0 Å². The first-order chi connectivity index (χ1) is 9.70. The van der Waals surface area contributed by atoms with Crippen LogP contribution in [0.15, 0.2) is 18.2 Å². The van der Waals surface area contributed by atoms with Gasteiger partial charge in [0.2, 0.25) is 0 Å². The first kappa shape index (κ1) is 13.9. The Labute approximate surface area is 124 Å². The number of aryl methyl sites for hydroxylation is 1. The van der Waals surface area contributed by atoms with E-state index in [4.69, 9.17) is 21.3 Å². The molecule has 0 aliphatic carbocycles. The molecule has 20 heavy (non-hydrogen) atoms. The van der Waals surface area contributed by atoms with E-state index in [2.05, 4.69) is 36.6 Å². The Kier molecular flexibility index (Phi) is 3.99. The van der Waals surface area contributed by atoms with E-state index in [0.717, 1.165) is 37.4 Å². The van der Waals surface area contributed by atoms with Gasteiger partial charge in [-0.1, -0.05) is 6.07 Å². The fourth-order valence-electron chi connectivity index (χ4n) is 3.22. The van der Waals surface area contributed by atoms with Gasteiger partial charge in [-0.05, 0) is 50.3 Å². The van der Waals surface area contributed by atoms with Gasteiger partial charge < -0.3 is 9.30 Å². The topological polar surface area (TPSA) is 27.1 Å². The average molecular weight is 293 g/mol. The standard InChI is InChI=1S/C16H21ClN2O/c1-11-3-4-15-14(9-11)18-16(10-17)19(15)12(2)13-5-7-20-8-6-13/h3-4,9,12-13H,5-8,10H2,1-2H3. The van der Waals surface area contributed by atoms with Crippen molar-refractivity contribution in [2.75, 3.05) is 13.2 Å². The third-order valence-electron chi connectivity index (χ3n) is 4.39. The summed E-state index contributed by atoms with van der Waals surface area (Å²) in [7, 11) is 0. The molecule has 1 fully saturated rings. The molecule has 108 valence electrons. The SMILES string of the molecule is Cc1ccc2c(c1)nc(CCl)n2C(C)C1CCOCC1. The van der Waals surface area contributed by atoms with E-state index >= 15 is 0 Å². The van der Waals surface area contributed by atoms with Crippen molar-refractivity contribution < 1.29 is 4.74 Å². The van der Waals surface area contributed by atoms with Crippen LogP contribution < -0.4 is 0 Å². The summed E-state index contributed by atoms with van der Waals surface area (Å²) in [6.45, 7) is 6.13. The minimum atomic E-state index is 0.417. The second kappa shape index (κ2) is 5.74. The lowest BCUT2D eigenvalue weighted by atomic mass is 9.92. The molecule has 2 aromatic rings. The van der Waals surface area contributed by atoms with Gasteiger partial charge in [-0.3, -0.25) is 0 Å². The number of benzene rings is 1. The summed E-state index contributed by atoms with van der Waals surface area (Å²) in [5.41, 5.74) is 3.49. The highest BCUT2D eigenvalue weighted by Gasteiger charge is 2.25. The predicted molar refractivity (Wildman–Crippen MR) is 82.3 cm³/mol. The van der Waals surface area contributed by atoms with Gasteiger partial charge in [-0.2, -0.15) is 0 Å². The summed E-state index contributed by atoms with van der Waals surface area (Å²) >= 11 is 6.12. The van der Waals surface area contributed by atoms with Gasteiger partial charge in [0.15, 0.2) is 0 Å².